The third-order valence-electron chi connectivity index (χ3n) is 4.39. The van der Waals surface area contributed by atoms with Crippen LogP contribution in [0.2, 0.25) is 0 Å². The van der Waals surface area contributed by atoms with E-state index in [9.17, 15) is 9.59 Å². The maximum Gasteiger partial charge on any atom is 0.275 e. The van der Waals surface area contributed by atoms with E-state index in [1.807, 2.05) is 74.5 Å². The normalized spacial score (nSPS) is 12.7. The monoisotopic (exact) mass is 360 g/mol. The van der Waals surface area contributed by atoms with Gasteiger partial charge in [-0.15, -0.1) is 0 Å². The summed E-state index contributed by atoms with van der Waals surface area (Å²) in [7, 11) is 1.65. The van der Waals surface area contributed by atoms with Gasteiger partial charge in [-0.05, 0) is 29.2 Å². The third-order valence-corrected chi connectivity index (χ3v) is 4.39. The second-order valence-corrected chi connectivity index (χ2v) is 7.05. The largest absolute Gasteiger partial charge is 0.305 e. The van der Waals surface area contributed by atoms with Gasteiger partial charge in [0.1, 0.15) is 10.7 Å². The molecule has 0 unspecified atom stereocenters. The van der Waals surface area contributed by atoms with Gasteiger partial charge >= 0.3 is 0 Å². The molecule has 27 heavy (non-hydrogen) atoms. The van der Waals surface area contributed by atoms with E-state index in [2.05, 4.69) is 0 Å². The number of aromatic nitrogens is 2. The number of hydrogen-bond donors (Lipinski definition) is 0. The van der Waals surface area contributed by atoms with Crippen molar-refractivity contribution in [2.75, 3.05) is 0 Å². The highest BCUT2D eigenvalue weighted by Crippen LogP contribution is 1.99. The minimum absolute atomic E-state index is 0.156. The molecule has 0 aliphatic rings. The summed E-state index contributed by atoms with van der Waals surface area (Å²) in [5.41, 5.74) is 1.45. The van der Waals surface area contributed by atoms with Crippen LogP contribution in [-0.2, 0) is 13.6 Å². The molecule has 0 radical (unpaired) electrons. The maximum atomic E-state index is 13.2. The first kappa shape index (κ1) is 18.6. The number of rotatable bonds is 4. The summed E-state index contributed by atoms with van der Waals surface area (Å²) < 4.78 is 3.05. The van der Waals surface area contributed by atoms with Gasteiger partial charge in [0.15, 0.2) is 0 Å². The van der Waals surface area contributed by atoms with E-state index in [1.165, 1.54) is 4.57 Å². The molecule has 0 aliphatic heterocycles. The van der Waals surface area contributed by atoms with Crippen LogP contribution in [0.25, 0.3) is 12.2 Å². The minimum Gasteiger partial charge on any atom is -0.305 e. The second kappa shape index (κ2) is 8.04. The smallest absolute Gasteiger partial charge is 0.275 e. The first-order valence-corrected chi connectivity index (χ1v) is 9.11. The van der Waals surface area contributed by atoms with Gasteiger partial charge in [-0.1, -0.05) is 74.5 Å². The zero-order chi connectivity index (χ0) is 19.4. The molecule has 0 saturated carbocycles. The van der Waals surface area contributed by atoms with Crippen molar-refractivity contribution < 1.29 is 0 Å². The zero-order valence-corrected chi connectivity index (χ0v) is 15.9. The molecule has 0 saturated heterocycles. The number of hydrogen-bond acceptors (Lipinski definition) is 2. The van der Waals surface area contributed by atoms with E-state index in [1.54, 1.807) is 23.8 Å². The van der Waals surface area contributed by atoms with Gasteiger partial charge in [0.05, 0.1) is 0 Å². The lowest BCUT2D eigenvalue weighted by molar-refractivity contribution is 0.487. The number of benzene rings is 2. The molecule has 0 N–H and O–H groups in total. The lowest BCUT2D eigenvalue weighted by atomic mass is 10.2. The van der Waals surface area contributed by atoms with Gasteiger partial charge in [0, 0.05) is 13.6 Å². The predicted molar refractivity (Wildman–Crippen MR) is 110 cm³/mol. The van der Waals surface area contributed by atoms with Gasteiger partial charge < -0.3 is 9.13 Å². The Labute approximate surface area is 158 Å². The van der Waals surface area contributed by atoms with Crippen LogP contribution in [0.1, 0.15) is 25.0 Å². The quantitative estimate of drug-likeness (QED) is 0.713. The van der Waals surface area contributed by atoms with Crippen LogP contribution in [-0.4, -0.2) is 9.13 Å². The van der Waals surface area contributed by atoms with Gasteiger partial charge in [-0.2, -0.15) is 0 Å². The summed E-state index contributed by atoms with van der Waals surface area (Å²) in [4.78, 5) is 26.3. The molecule has 0 spiro atoms. The zero-order valence-electron chi connectivity index (χ0n) is 15.9. The molecule has 3 aromatic rings. The van der Waals surface area contributed by atoms with Crippen molar-refractivity contribution in [1.82, 2.24) is 9.13 Å². The maximum absolute atomic E-state index is 13.2. The van der Waals surface area contributed by atoms with Crippen LogP contribution in [0.5, 0.6) is 0 Å². The Kier molecular flexibility index (Phi) is 5.55. The van der Waals surface area contributed by atoms with E-state index in [0.29, 0.717) is 17.2 Å². The van der Waals surface area contributed by atoms with Crippen LogP contribution < -0.4 is 21.8 Å². The Morgan fingerprint density at radius 2 is 1.26 bits per heavy atom. The van der Waals surface area contributed by atoms with Crippen molar-refractivity contribution in [3.63, 3.8) is 0 Å². The second-order valence-electron chi connectivity index (χ2n) is 7.05. The molecule has 4 heteroatoms. The predicted octanol–water partition coefficient (Wildman–Crippen LogP) is 1.86. The number of nitrogens with zero attached hydrogens (tertiary/aromatic N) is 2. The molecular weight excluding hydrogens is 336 g/mol. The Balaban J connectivity index is 2.37. The van der Waals surface area contributed by atoms with Gasteiger partial charge in [-0.25, -0.2) is 0 Å². The summed E-state index contributed by atoms with van der Waals surface area (Å²) in [6.45, 7) is 4.57. The highest BCUT2D eigenvalue weighted by molar-refractivity contribution is 5.49. The van der Waals surface area contributed by atoms with Crippen molar-refractivity contribution in [2.24, 2.45) is 13.0 Å². The fourth-order valence-electron chi connectivity index (χ4n) is 3.05. The Hall–Kier alpha value is -3.14. The van der Waals surface area contributed by atoms with Gasteiger partial charge in [0.25, 0.3) is 11.1 Å². The molecule has 0 fully saturated rings. The first-order valence-electron chi connectivity index (χ1n) is 9.11. The standard InChI is InChI=1S/C23H24N2O2/c1-17(2)16-25-21(15-19-12-8-5-9-13-19)22(26)24(3)20(23(25)27)14-18-10-6-4-7-11-18/h4-15,17H,16H2,1-3H3. The van der Waals surface area contributed by atoms with Crippen molar-refractivity contribution in [3.05, 3.63) is 103 Å². The van der Waals surface area contributed by atoms with E-state index in [0.717, 1.165) is 11.1 Å². The lowest BCUT2D eigenvalue weighted by Gasteiger charge is -2.12. The summed E-state index contributed by atoms with van der Waals surface area (Å²) in [5.74, 6) is 0.238. The molecule has 0 atom stereocenters. The van der Waals surface area contributed by atoms with E-state index >= 15 is 0 Å². The Morgan fingerprint density at radius 1 is 0.778 bits per heavy atom. The first-order chi connectivity index (χ1) is 13.0. The topological polar surface area (TPSA) is 44.0 Å². The minimum atomic E-state index is -0.179. The Morgan fingerprint density at radius 3 is 1.74 bits per heavy atom. The molecule has 138 valence electrons. The summed E-state index contributed by atoms with van der Waals surface area (Å²) in [6.07, 6.45) is 3.56. The highest BCUT2D eigenvalue weighted by atomic mass is 16.1. The third kappa shape index (κ3) is 4.17. The summed E-state index contributed by atoms with van der Waals surface area (Å²) >= 11 is 0. The van der Waals surface area contributed by atoms with Crippen LogP contribution in [0.4, 0.5) is 0 Å². The van der Waals surface area contributed by atoms with Crippen molar-refractivity contribution >= 4 is 12.2 Å². The van der Waals surface area contributed by atoms with Crippen molar-refractivity contribution in [2.45, 2.75) is 20.4 Å². The SMILES string of the molecule is CC(C)Cn1c(=O)c(=Cc2ccccc2)n(C)c(=O)c1=Cc1ccccc1. The molecule has 4 nitrogen and oxygen atoms in total. The summed E-state index contributed by atoms with van der Waals surface area (Å²) in [5, 5.41) is 0.796. The fourth-order valence-corrected chi connectivity index (χ4v) is 3.05. The van der Waals surface area contributed by atoms with E-state index < -0.39 is 0 Å². The lowest BCUT2D eigenvalue weighted by Crippen LogP contribution is -2.57. The fraction of sp³-hybridized carbons (Fsp3) is 0.217. The van der Waals surface area contributed by atoms with Crippen LogP contribution in [0.3, 0.4) is 0 Å². The van der Waals surface area contributed by atoms with E-state index in [-0.39, 0.29) is 17.0 Å². The highest BCUT2D eigenvalue weighted by Gasteiger charge is 2.10. The molecule has 1 aromatic heterocycles. The van der Waals surface area contributed by atoms with Crippen molar-refractivity contribution in [1.29, 1.82) is 0 Å². The van der Waals surface area contributed by atoms with Crippen LogP contribution >= 0.6 is 0 Å². The average Bonchev–Trinajstić information content (AvgIpc) is 2.67. The van der Waals surface area contributed by atoms with Gasteiger partial charge in [0.2, 0.25) is 0 Å². The molecule has 1 heterocycles. The van der Waals surface area contributed by atoms with E-state index in [4.69, 9.17) is 0 Å². The van der Waals surface area contributed by atoms with Crippen LogP contribution in [0.15, 0.2) is 70.3 Å². The van der Waals surface area contributed by atoms with Crippen molar-refractivity contribution in [3.8, 4) is 0 Å². The van der Waals surface area contributed by atoms with Gasteiger partial charge in [-0.3, -0.25) is 9.59 Å². The molecule has 0 aliphatic carbocycles. The Bertz CT molecular complexity index is 1160. The molecule has 0 amide bonds. The molecular formula is C23H24N2O2. The summed E-state index contributed by atoms with van der Waals surface area (Å²) in [6, 6.07) is 19.2. The molecule has 3 rings (SSSR count). The average molecular weight is 360 g/mol. The molecule has 2 aromatic carbocycles. The molecule has 0 bridgehead atoms. The van der Waals surface area contributed by atoms with Crippen LogP contribution in [0, 0.1) is 5.92 Å².